The maximum absolute atomic E-state index is 11.9. The molecule has 0 aliphatic carbocycles. The number of likely N-dealkylation sites (N-methyl/N-ethyl adjacent to an activating group) is 1. The second-order valence-corrected chi connectivity index (χ2v) is 4.70. The minimum Gasteiger partial charge on any atom is -0.461 e. The number of nitrogens with zero attached hydrogens (tertiary/aromatic N) is 2. The van der Waals surface area contributed by atoms with Crippen molar-refractivity contribution in [2.75, 3.05) is 33.0 Å². The topological polar surface area (TPSA) is 84.2 Å². The van der Waals surface area contributed by atoms with Crippen LogP contribution in [-0.2, 0) is 4.74 Å². The van der Waals surface area contributed by atoms with E-state index in [2.05, 4.69) is 9.97 Å². The lowest BCUT2D eigenvalue weighted by Crippen LogP contribution is -2.20. The van der Waals surface area contributed by atoms with Crippen LogP contribution in [0, 0.1) is 0 Å². The number of imidazole rings is 1. The highest BCUT2D eigenvalue weighted by atomic mass is 16.5. The number of carbonyl (C=O) groups is 1. The predicted octanol–water partition coefficient (Wildman–Crippen LogP) is 1.38. The Morgan fingerprint density at radius 2 is 2.25 bits per heavy atom. The maximum atomic E-state index is 11.9. The fourth-order valence-corrected chi connectivity index (χ4v) is 1.70. The highest BCUT2D eigenvalue weighted by Crippen LogP contribution is 2.19. The van der Waals surface area contributed by atoms with Crippen LogP contribution in [-0.4, -0.2) is 48.1 Å². The Labute approximate surface area is 117 Å². The van der Waals surface area contributed by atoms with Gasteiger partial charge in [-0.1, -0.05) is 12.1 Å². The molecule has 0 aliphatic rings. The third-order valence-electron chi connectivity index (χ3n) is 2.78. The van der Waals surface area contributed by atoms with E-state index in [4.69, 9.17) is 10.5 Å². The van der Waals surface area contributed by atoms with E-state index in [9.17, 15) is 4.79 Å². The third kappa shape index (κ3) is 3.58. The number of nitrogens with two attached hydrogens (primary N) is 1. The van der Waals surface area contributed by atoms with Crippen LogP contribution in [0.5, 0.6) is 0 Å². The van der Waals surface area contributed by atoms with Crippen molar-refractivity contribution in [2.24, 2.45) is 0 Å². The average Bonchev–Trinajstić information content (AvgIpc) is 2.85. The molecule has 3 N–H and O–H groups in total. The molecular formula is C14H18N4O2. The Morgan fingerprint density at radius 1 is 1.45 bits per heavy atom. The second-order valence-electron chi connectivity index (χ2n) is 4.70. The molecule has 0 spiro atoms. The minimum atomic E-state index is -0.332. The summed E-state index contributed by atoms with van der Waals surface area (Å²) in [4.78, 5) is 20.7. The lowest BCUT2D eigenvalue weighted by molar-refractivity contribution is 0.0482. The summed E-state index contributed by atoms with van der Waals surface area (Å²) in [6.07, 6.45) is 1.63. The van der Waals surface area contributed by atoms with Gasteiger partial charge in [0.2, 0.25) is 0 Å². The quantitative estimate of drug-likeness (QED) is 0.805. The van der Waals surface area contributed by atoms with Gasteiger partial charge in [0.25, 0.3) is 0 Å². The Hall–Kier alpha value is -2.34. The predicted molar refractivity (Wildman–Crippen MR) is 77.3 cm³/mol. The van der Waals surface area contributed by atoms with Crippen molar-refractivity contribution in [3.8, 4) is 11.3 Å². The van der Waals surface area contributed by atoms with Gasteiger partial charge >= 0.3 is 5.97 Å². The lowest BCUT2D eigenvalue weighted by Gasteiger charge is -2.10. The number of aromatic amines is 1. The lowest BCUT2D eigenvalue weighted by atomic mass is 10.1. The first-order chi connectivity index (χ1) is 9.56. The molecule has 2 rings (SSSR count). The van der Waals surface area contributed by atoms with Gasteiger partial charge in [0.15, 0.2) is 5.95 Å². The molecule has 106 valence electrons. The summed E-state index contributed by atoms with van der Waals surface area (Å²) < 4.78 is 5.20. The molecule has 0 radical (unpaired) electrons. The van der Waals surface area contributed by atoms with Crippen molar-refractivity contribution in [3.05, 3.63) is 36.0 Å². The van der Waals surface area contributed by atoms with Gasteiger partial charge in [-0.3, -0.25) is 0 Å². The van der Waals surface area contributed by atoms with Crippen LogP contribution < -0.4 is 5.73 Å². The number of ether oxygens (including phenoxy) is 1. The van der Waals surface area contributed by atoms with Crippen molar-refractivity contribution in [1.82, 2.24) is 14.9 Å². The SMILES string of the molecule is CN(C)CCOC(=O)c1cccc(-c2cnc(N)[nH]2)c1. The number of hydrogen-bond donors (Lipinski definition) is 2. The molecule has 1 aromatic heterocycles. The van der Waals surface area contributed by atoms with Crippen LogP contribution in [0.3, 0.4) is 0 Å². The van der Waals surface area contributed by atoms with E-state index in [1.165, 1.54) is 0 Å². The molecule has 1 heterocycles. The molecule has 2 aromatic rings. The van der Waals surface area contributed by atoms with Crippen molar-refractivity contribution in [3.63, 3.8) is 0 Å². The van der Waals surface area contributed by atoms with Gasteiger partial charge in [-0.2, -0.15) is 0 Å². The molecule has 0 saturated carbocycles. The highest BCUT2D eigenvalue weighted by Gasteiger charge is 2.09. The monoisotopic (exact) mass is 274 g/mol. The molecule has 20 heavy (non-hydrogen) atoms. The molecular weight excluding hydrogens is 256 g/mol. The number of hydrogen-bond acceptors (Lipinski definition) is 5. The number of H-pyrrole nitrogens is 1. The molecule has 0 fully saturated rings. The van der Waals surface area contributed by atoms with E-state index >= 15 is 0 Å². The number of benzene rings is 1. The van der Waals surface area contributed by atoms with E-state index in [-0.39, 0.29) is 5.97 Å². The number of esters is 1. The van der Waals surface area contributed by atoms with Crippen LogP contribution in [0.15, 0.2) is 30.5 Å². The summed E-state index contributed by atoms with van der Waals surface area (Å²) in [7, 11) is 3.86. The van der Waals surface area contributed by atoms with Crippen molar-refractivity contribution < 1.29 is 9.53 Å². The molecule has 0 saturated heterocycles. The molecule has 6 heteroatoms. The summed E-state index contributed by atoms with van der Waals surface area (Å²) in [5, 5.41) is 0. The number of aromatic nitrogens is 2. The van der Waals surface area contributed by atoms with E-state index in [1.807, 2.05) is 25.1 Å². The van der Waals surface area contributed by atoms with Crippen molar-refractivity contribution in [1.29, 1.82) is 0 Å². The Balaban J connectivity index is 2.07. The Kier molecular flexibility index (Phi) is 4.37. The molecule has 1 aromatic carbocycles. The maximum Gasteiger partial charge on any atom is 0.338 e. The van der Waals surface area contributed by atoms with Gasteiger partial charge in [0.1, 0.15) is 6.61 Å². The zero-order chi connectivity index (χ0) is 14.5. The van der Waals surface area contributed by atoms with Crippen molar-refractivity contribution in [2.45, 2.75) is 0 Å². The summed E-state index contributed by atoms with van der Waals surface area (Å²) in [6, 6.07) is 7.16. The summed E-state index contributed by atoms with van der Waals surface area (Å²) in [5.74, 6) is 0.0140. The van der Waals surface area contributed by atoms with Crippen LogP contribution in [0.4, 0.5) is 5.95 Å². The van der Waals surface area contributed by atoms with Gasteiger partial charge < -0.3 is 20.4 Å². The average molecular weight is 274 g/mol. The largest absolute Gasteiger partial charge is 0.461 e. The molecule has 6 nitrogen and oxygen atoms in total. The number of rotatable bonds is 5. The summed E-state index contributed by atoms with van der Waals surface area (Å²) in [5.41, 5.74) is 7.67. The standard InChI is InChI=1S/C14H18N4O2/c1-18(2)6-7-20-13(19)11-5-3-4-10(8-11)12-9-16-14(15)17-12/h3-5,8-9H,6-7H2,1-2H3,(H3,15,16,17). The first-order valence-electron chi connectivity index (χ1n) is 6.29. The van der Waals surface area contributed by atoms with Gasteiger partial charge in [-0.15, -0.1) is 0 Å². The summed E-state index contributed by atoms with van der Waals surface area (Å²) >= 11 is 0. The first-order valence-corrected chi connectivity index (χ1v) is 6.29. The van der Waals surface area contributed by atoms with Crippen LogP contribution in [0.25, 0.3) is 11.3 Å². The molecule has 0 unspecified atom stereocenters. The Bertz CT molecular complexity index is 592. The summed E-state index contributed by atoms with van der Waals surface area (Å²) in [6.45, 7) is 1.07. The second kappa shape index (κ2) is 6.21. The number of nitrogens with one attached hydrogen (secondary N) is 1. The zero-order valence-corrected chi connectivity index (χ0v) is 11.6. The number of nitrogen functional groups attached to an aromatic ring is 1. The zero-order valence-electron chi connectivity index (χ0n) is 11.6. The smallest absolute Gasteiger partial charge is 0.338 e. The Morgan fingerprint density at radius 3 is 2.90 bits per heavy atom. The van der Waals surface area contributed by atoms with Crippen LogP contribution >= 0.6 is 0 Å². The third-order valence-corrected chi connectivity index (χ3v) is 2.78. The highest BCUT2D eigenvalue weighted by molar-refractivity contribution is 5.90. The van der Waals surface area contributed by atoms with E-state index < -0.39 is 0 Å². The van der Waals surface area contributed by atoms with E-state index in [1.54, 1.807) is 24.4 Å². The van der Waals surface area contributed by atoms with E-state index in [0.717, 1.165) is 11.3 Å². The number of carbonyl (C=O) groups excluding carboxylic acids is 1. The molecule has 0 amide bonds. The fourth-order valence-electron chi connectivity index (χ4n) is 1.70. The normalized spacial score (nSPS) is 10.8. The molecule has 0 atom stereocenters. The van der Waals surface area contributed by atoms with Gasteiger partial charge in [-0.05, 0) is 26.2 Å². The molecule has 0 bridgehead atoms. The van der Waals surface area contributed by atoms with Gasteiger partial charge in [0.05, 0.1) is 17.5 Å². The van der Waals surface area contributed by atoms with Crippen molar-refractivity contribution >= 4 is 11.9 Å². The van der Waals surface area contributed by atoms with Crippen LogP contribution in [0.1, 0.15) is 10.4 Å². The van der Waals surface area contributed by atoms with Gasteiger partial charge in [-0.25, -0.2) is 9.78 Å². The minimum absolute atomic E-state index is 0.332. The first kappa shape index (κ1) is 14.1. The fraction of sp³-hybridized carbons (Fsp3) is 0.286. The molecule has 0 aliphatic heterocycles. The van der Waals surface area contributed by atoms with Crippen LogP contribution in [0.2, 0.25) is 0 Å². The number of anilines is 1. The van der Waals surface area contributed by atoms with E-state index in [0.29, 0.717) is 24.7 Å². The van der Waals surface area contributed by atoms with Gasteiger partial charge in [0, 0.05) is 12.1 Å².